The number of hydrogen-bond acceptors (Lipinski definition) is 6. The van der Waals surface area contributed by atoms with Crippen molar-refractivity contribution in [2.75, 3.05) is 25.0 Å². The zero-order valence-electron chi connectivity index (χ0n) is 17.9. The van der Waals surface area contributed by atoms with E-state index in [0.29, 0.717) is 18.7 Å². The number of para-hydroxylation sites is 1. The van der Waals surface area contributed by atoms with Crippen LogP contribution in [0.3, 0.4) is 0 Å². The Morgan fingerprint density at radius 3 is 2.33 bits per heavy atom. The number of fused-ring (bicyclic) bond motifs is 1. The van der Waals surface area contributed by atoms with E-state index in [0.717, 1.165) is 39.3 Å². The average molecular weight is 478 g/mol. The fourth-order valence-corrected chi connectivity index (χ4v) is 6.39. The molecule has 1 aromatic heterocycles. The van der Waals surface area contributed by atoms with Gasteiger partial charge in [-0.25, -0.2) is 13.4 Å². The molecule has 1 fully saturated rings. The third-order valence-electron chi connectivity index (χ3n) is 5.76. The van der Waals surface area contributed by atoms with Gasteiger partial charge >= 0.3 is 0 Å². The van der Waals surface area contributed by atoms with Crippen molar-refractivity contribution >= 4 is 43.0 Å². The van der Waals surface area contributed by atoms with E-state index in [1.165, 1.54) is 16.4 Å². The van der Waals surface area contributed by atoms with Crippen LogP contribution >= 0.6 is 11.3 Å². The minimum absolute atomic E-state index is 0.102. The molecule has 0 radical (unpaired) electrons. The minimum Gasteiger partial charge on any atom is -0.378 e. The molecule has 8 heteroatoms. The lowest BCUT2D eigenvalue weighted by atomic mass is 10.1. The summed E-state index contributed by atoms with van der Waals surface area (Å²) in [6, 6.07) is 22.1. The van der Waals surface area contributed by atoms with Gasteiger partial charge in [-0.1, -0.05) is 12.1 Å². The summed E-state index contributed by atoms with van der Waals surface area (Å²) in [5.41, 5.74) is 3.34. The van der Waals surface area contributed by atoms with Crippen molar-refractivity contribution < 1.29 is 13.2 Å². The van der Waals surface area contributed by atoms with Gasteiger partial charge in [-0.05, 0) is 73.5 Å². The lowest BCUT2D eigenvalue weighted by Gasteiger charge is -2.15. The molecule has 1 aliphatic rings. The molecule has 168 valence electrons. The molecule has 0 amide bonds. The van der Waals surface area contributed by atoms with Crippen LogP contribution in [0.5, 0.6) is 0 Å². The topological polar surface area (TPSA) is 79.4 Å². The Bertz CT molecular complexity index is 1360. The SMILES string of the molecule is O=C(CNc1ccc(-c2nc3ccccc3s2)cc1)c1ccc(S(=O)(=O)N2CCCC2)cc1. The molecule has 6 nitrogen and oxygen atoms in total. The van der Waals surface area contributed by atoms with Crippen LogP contribution < -0.4 is 5.32 Å². The van der Waals surface area contributed by atoms with Gasteiger partial charge in [0.15, 0.2) is 5.78 Å². The van der Waals surface area contributed by atoms with Crippen LogP contribution in [-0.4, -0.2) is 43.1 Å². The van der Waals surface area contributed by atoms with E-state index < -0.39 is 10.0 Å². The monoisotopic (exact) mass is 477 g/mol. The normalized spacial score (nSPS) is 14.5. The molecule has 4 aromatic rings. The predicted octanol–water partition coefficient (Wildman–Crippen LogP) is 5.04. The molecule has 0 unspecified atom stereocenters. The summed E-state index contributed by atoms with van der Waals surface area (Å²) >= 11 is 1.65. The van der Waals surface area contributed by atoms with E-state index in [2.05, 4.69) is 16.4 Å². The smallest absolute Gasteiger partial charge is 0.243 e. The predicted molar refractivity (Wildman–Crippen MR) is 132 cm³/mol. The number of carbonyl (C=O) groups is 1. The number of anilines is 1. The standard InChI is InChI=1S/C25H23N3O3S2/c29-23(18-9-13-21(14-10-18)33(30,31)28-15-3-4-16-28)17-26-20-11-7-19(8-12-20)25-27-22-5-1-2-6-24(22)32-25/h1-2,5-14,26H,3-4,15-17H2. The van der Waals surface area contributed by atoms with Crippen LogP contribution in [0.15, 0.2) is 77.7 Å². The number of Topliss-reactive ketones (excluding diaryl/α,β-unsaturated/α-hetero) is 1. The van der Waals surface area contributed by atoms with Gasteiger partial charge < -0.3 is 5.32 Å². The number of sulfonamides is 1. The molecule has 3 aromatic carbocycles. The van der Waals surface area contributed by atoms with Crippen LogP contribution in [0.4, 0.5) is 5.69 Å². The molecule has 0 saturated carbocycles. The third kappa shape index (κ3) is 4.55. The zero-order valence-corrected chi connectivity index (χ0v) is 19.5. The maximum Gasteiger partial charge on any atom is 0.243 e. The highest BCUT2D eigenvalue weighted by molar-refractivity contribution is 7.89. The number of ketones is 1. The Labute approximate surface area is 197 Å². The molecular formula is C25H23N3O3S2. The summed E-state index contributed by atoms with van der Waals surface area (Å²) in [5.74, 6) is -0.102. The summed E-state index contributed by atoms with van der Waals surface area (Å²) in [7, 11) is -3.47. The Balaban J connectivity index is 1.22. The van der Waals surface area contributed by atoms with Crippen molar-refractivity contribution in [3.63, 3.8) is 0 Å². The summed E-state index contributed by atoms with van der Waals surface area (Å²) < 4.78 is 27.9. The van der Waals surface area contributed by atoms with Crippen molar-refractivity contribution in [2.24, 2.45) is 0 Å². The largest absolute Gasteiger partial charge is 0.378 e. The molecule has 5 rings (SSSR count). The van der Waals surface area contributed by atoms with Gasteiger partial charge in [-0.3, -0.25) is 4.79 Å². The van der Waals surface area contributed by atoms with Crippen molar-refractivity contribution in [2.45, 2.75) is 17.7 Å². The molecule has 0 atom stereocenters. The second-order valence-corrected chi connectivity index (χ2v) is 10.9. The molecule has 1 N–H and O–H groups in total. The maximum atomic E-state index is 12.6. The molecule has 2 heterocycles. The first-order valence-electron chi connectivity index (χ1n) is 10.8. The second kappa shape index (κ2) is 9.05. The van der Waals surface area contributed by atoms with Crippen molar-refractivity contribution in [3.05, 3.63) is 78.4 Å². The van der Waals surface area contributed by atoms with Gasteiger partial charge in [0.1, 0.15) is 5.01 Å². The minimum atomic E-state index is -3.47. The Kier molecular flexibility index (Phi) is 5.97. The Morgan fingerprint density at radius 2 is 1.64 bits per heavy atom. The van der Waals surface area contributed by atoms with Gasteiger partial charge in [0.25, 0.3) is 0 Å². The third-order valence-corrected chi connectivity index (χ3v) is 8.76. The van der Waals surface area contributed by atoms with E-state index in [4.69, 9.17) is 0 Å². The Hall–Kier alpha value is -3.07. The van der Waals surface area contributed by atoms with Crippen LogP contribution in [0.1, 0.15) is 23.2 Å². The van der Waals surface area contributed by atoms with E-state index in [-0.39, 0.29) is 17.2 Å². The van der Waals surface area contributed by atoms with Crippen molar-refractivity contribution in [1.82, 2.24) is 9.29 Å². The highest BCUT2D eigenvalue weighted by Crippen LogP contribution is 2.30. The second-order valence-electron chi connectivity index (χ2n) is 7.98. The molecule has 0 aliphatic carbocycles. The van der Waals surface area contributed by atoms with Crippen LogP contribution in [0.25, 0.3) is 20.8 Å². The number of nitrogens with zero attached hydrogens (tertiary/aromatic N) is 2. The summed E-state index contributed by atoms with van der Waals surface area (Å²) in [6.45, 7) is 1.24. The van der Waals surface area contributed by atoms with E-state index in [1.807, 2.05) is 42.5 Å². The first-order chi connectivity index (χ1) is 16.0. The van der Waals surface area contributed by atoms with E-state index in [9.17, 15) is 13.2 Å². The number of nitrogens with one attached hydrogen (secondary N) is 1. The molecule has 1 saturated heterocycles. The lowest BCUT2D eigenvalue weighted by Crippen LogP contribution is -2.27. The quantitative estimate of drug-likeness (QED) is 0.377. The number of aromatic nitrogens is 1. The van der Waals surface area contributed by atoms with Gasteiger partial charge in [-0.15, -0.1) is 11.3 Å². The average Bonchev–Trinajstić information content (AvgIpc) is 3.54. The molecular weight excluding hydrogens is 454 g/mol. The number of hydrogen-bond donors (Lipinski definition) is 1. The molecule has 0 spiro atoms. The number of benzene rings is 3. The first kappa shape index (κ1) is 21.8. The Morgan fingerprint density at radius 1 is 0.939 bits per heavy atom. The fourth-order valence-electron chi connectivity index (χ4n) is 3.90. The van der Waals surface area contributed by atoms with E-state index in [1.54, 1.807) is 23.5 Å². The number of rotatable bonds is 7. The van der Waals surface area contributed by atoms with Gasteiger partial charge in [-0.2, -0.15) is 4.31 Å². The summed E-state index contributed by atoms with van der Waals surface area (Å²) in [5, 5.41) is 4.11. The highest BCUT2D eigenvalue weighted by Gasteiger charge is 2.27. The zero-order chi connectivity index (χ0) is 22.8. The van der Waals surface area contributed by atoms with Crippen molar-refractivity contribution in [1.29, 1.82) is 0 Å². The summed E-state index contributed by atoms with van der Waals surface area (Å²) in [6.07, 6.45) is 1.78. The molecule has 33 heavy (non-hydrogen) atoms. The lowest BCUT2D eigenvalue weighted by molar-refractivity contribution is 0.101. The summed E-state index contributed by atoms with van der Waals surface area (Å²) in [4.78, 5) is 17.5. The fraction of sp³-hybridized carbons (Fsp3) is 0.200. The molecule has 1 aliphatic heterocycles. The highest BCUT2D eigenvalue weighted by atomic mass is 32.2. The van der Waals surface area contributed by atoms with E-state index >= 15 is 0 Å². The number of carbonyl (C=O) groups excluding carboxylic acids is 1. The van der Waals surface area contributed by atoms with Gasteiger partial charge in [0.05, 0.1) is 21.7 Å². The maximum absolute atomic E-state index is 12.6. The van der Waals surface area contributed by atoms with Gasteiger partial charge in [0.2, 0.25) is 10.0 Å². The van der Waals surface area contributed by atoms with Gasteiger partial charge in [0, 0.05) is 29.9 Å². The van der Waals surface area contributed by atoms with Crippen LogP contribution in [0.2, 0.25) is 0 Å². The first-order valence-corrected chi connectivity index (χ1v) is 13.1. The van der Waals surface area contributed by atoms with Crippen LogP contribution in [0, 0.1) is 0 Å². The van der Waals surface area contributed by atoms with Crippen molar-refractivity contribution in [3.8, 4) is 10.6 Å². The number of thiazole rings is 1. The van der Waals surface area contributed by atoms with Crippen LogP contribution in [-0.2, 0) is 10.0 Å². The molecule has 0 bridgehead atoms.